The number of halogens is 1. The van der Waals surface area contributed by atoms with Crippen LogP contribution in [0.4, 0.5) is 4.39 Å². The molecule has 160 valence electrons. The number of carbonyl (C=O) groups is 1. The third kappa shape index (κ3) is 4.07. The highest BCUT2D eigenvalue weighted by Gasteiger charge is 2.33. The molecule has 0 bridgehead atoms. The molecule has 5 nitrogen and oxygen atoms in total. The Labute approximate surface area is 180 Å². The second kappa shape index (κ2) is 8.17. The molecule has 2 aliphatic rings. The van der Waals surface area contributed by atoms with E-state index in [4.69, 9.17) is 4.84 Å². The van der Waals surface area contributed by atoms with Crippen molar-refractivity contribution in [3.05, 3.63) is 70.7 Å². The van der Waals surface area contributed by atoms with Gasteiger partial charge in [0.15, 0.2) is 0 Å². The van der Waals surface area contributed by atoms with Crippen LogP contribution in [0.25, 0.3) is 10.9 Å². The highest BCUT2D eigenvalue weighted by Crippen LogP contribution is 2.35. The molecule has 1 unspecified atom stereocenters. The maximum atomic E-state index is 13.8. The zero-order valence-electron chi connectivity index (χ0n) is 17.6. The van der Waals surface area contributed by atoms with Gasteiger partial charge in [0.2, 0.25) is 5.91 Å². The summed E-state index contributed by atoms with van der Waals surface area (Å²) < 4.78 is 16.1. The SMILES string of the molecule is CON=Cc1ccc2c(c1)c1c(n2Cc2cccc(F)c2)CCC(NC(=O)C2CC2)C1. The molecule has 1 fully saturated rings. The van der Waals surface area contributed by atoms with Crippen molar-refractivity contribution in [1.82, 2.24) is 9.88 Å². The third-order valence-electron chi connectivity index (χ3n) is 6.32. The molecule has 5 rings (SSSR count). The van der Waals surface area contributed by atoms with Crippen molar-refractivity contribution in [3.63, 3.8) is 0 Å². The Morgan fingerprint density at radius 3 is 2.90 bits per heavy atom. The number of amides is 1. The van der Waals surface area contributed by atoms with Gasteiger partial charge in [-0.05, 0) is 73.1 Å². The van der Waals surface area contributed by atoms with Gasteiger partial charge in [-0.15, -0.1) is 0 Å². The molecule has 1 aromatic heterocycles. The minimum absolute atomic E-state index is 0.158. The highest BCUT2D eigenvalue weighted by molar-refractivity contribution is 5.92. The van der Waals surface area contributed by atoms with Gasteiger partial charge in [-0.3, -0.25) is 4.79 Å². The Kier molecular flexibility index (Phi) is 5.22. The number of benzene rings is 2. The van der Waals surface area contributed by atoms with Crippen LogP contribution in [0.1, 0.15) is 41.6 Å². The summed E-state index contributed by atoms with van der Waals surface area (Å²) in [6.07, 6.45) is 6.34. The smallest absolute Gasteiger partial charge is 0.223 e. The summed E-state index contributed by atoms with van der Waals surface area (Å²) in [6, 6.07) is 13.2. The lowest BCUT2D eigenvalue weighted by Gasteiger charge is -2.25. The molecule has 1 N–H and O–H groups in total. The summed E-state index contributed by atoms with van der Waals surface area (Å²) in [6.45, 7) is 0.619. The molecule has 0 saturated heterocycles. The minimum atomic E-state index is -0.219. The summed E-state index contributed by atoms with van der Waals surface area (Å²) in [4.78, 5) is 17.2. The van der Waals surface area contributed by atoms with Crippen LogP contribution in [-0.4, -0.2) is 29.8 Å². The molecule has 0 spiro atoms. The van der Waals surface area contributed by atoms with Crippen molar-refractivity contribution in [2.45, 2.75) is 44.7 Å². The minimum Gasteiger partial charge on any atom is -0.399 e. The van der Waals surface area contributed by atoms with Crippen LogP contribution < -0.4 is 5.32 Å². The molecule has 0 aliphatic heterocycles. The van der Waals surface area contributed by atoms with E-state index in [9.17, 15) is 9.18 Å². The average Bonchev–Trinajstić information content (AvgIpc) is 3.58. The van der Waals surface area contributed by atoms with Crippen molar-refractivity contribution in [2.24, 2.45) is 11.1 Å². The van der Waals surface area contributed by atoms with Gasteiger partial charge in [0.05, 0.1) is 6.21 Å². The van der Waals surface area contributed by atoms with Crippen molar-refractivity contribution >= 4 is 23.0 Å². The first kappa shape index (κ1) is 19.8. The van der Waals surface area contributed by atoms with Gasteiger partial charge in [0.1, 0.15) is 12.9 Å². The number of oxime groups is 1. The molecular weight excluding hydrogens is 393 g/mol. The van der Waals surface area contributed by atoms with Gasteiger partial charge in [-0.1, -0.05) is 23.4 Å². The number of aromatic nitrogens is 1. The second-order valence-corrected chi connectivity index (χ2v) is 8.56. The standard InChI is InChI=1S/C25H26FN3O2/c1-31-27-14-16-5-9-23-21(12-16)22-13-20(28-25(30)18-6-7-18)8-10-24(22)29(23)15-17-3-2-4-19(26)11-17/h2-5,9,11-12,14,18,20H,6-8,10,13,15H2,1H3,(H,28,30). The monoisotopic (exact) mass is 419 g/mol. The quantitative estimate of drug-likeness (QED) is 0.481. The van der Waals surface area contributed by atoms with Gasteiger partial charge in [-0.25, -0.2) is 4.39 Å². The summed E-state index contributed by atoms with van der Waals surface area (Å²) in [7, 11) is 1.53. The molecular formula is C25H26FN3O2. The van der Waals surface area contributed by atoms with Crippen molar-refractivity contribution in [1.29, 1.82) is 0 Å². The lowest BCUT2D eigenvalue weighted by Crippen LogP contribution is -2.39. The van der Waals surface area contributed by atoms with Gasteiger partial charge < -0.3 is 14.7 Å². The number of rotatable bonds is 6. The largest absolute Gasteiger partial charge is 0.399 e. The first-order chi connectivity index (χ1) is 15.1. The number of nitrogens with zero attached hydrogens (tertiary/aromatic N) is 2. The first-order valence-corrected chi connectivity index (χ1v) is 10.9. The van der Waals surface area contributed by atoms with Crippen LogP contribution >= 0.6 is 0 Å². The van der Waals surface area contributed by atoms with E-state index in [2.05, 4.69) is 27.2 Å². The van der Waals surface area contributed by atoms with E-state index in [0.29, 0.717) is 6.54 Å². The third-order valence-corrected chi connectivity index (χ3v) is 6.32. The van der Waals surface area contributed by atoms with Crippen molar-refractivity contribution in [3.8, 4) is 0 Å². The van der Waals surface area contributed by atoms with Crippen LogP contribution in [0, 0.1) is 11.7 Å². The molecule has 6 heteroatoms. The van der Waals surface area contributed by atoms with Crippen LogP contribution in [0.5, 0.6) is 0 Å². The molecule has 1 amide bonds. The molecule has 1 atom stereocenters. The Morgan fingerprint density at radius 2 is 2.13 bits per heavy atom. The van der Waals surface area contributed by atoms with E-state index in [-0.39, 0.29) is 23.7 Å². The van der Waals surface area contributed by atoms with Crippen LogP contribution in [0.2, 0.25) is 0 Å². The number of nitrogens with one attached hydrogen (secondary N) is 1. The van der Waals surface area contributed by atoms with Gasteiger partial charge in [0.25, 0.3) is 0 Å². The van der Waals surface area contributed by atoms with Gasteiger partial charge >= 0.3 is 0 Å². The fourth-order valence-corrected chi connectivity index (χ4v) is 4.65. The van der Waals surface area contributed by atoms with E-state index in [1.807, 2.05) is 12.1 Å². The maximum absolute atomic E-state index is 13.8. The van der Waals surface area contributed by atoms with E-state index in [1.54, 1.807) is 18.3 Å². The summed E-state index contributed by atoms with van der Waals surface area (Å²) >= 11 is 0. The van der Waals surface area contributed by atoms with Crippen LogP contribution in [0.15, 0.2) is 47.6 Å². The molecule has 31 heavy (non-hydrogen) atoms. The van der Waals surface area contributed by atoms with Crippen molar-refractivity contribution < 1.29 is 14.0 Å². The first-order valence-electron chi connectivity index (χ1n) is 10.9. The number of fused-ring (bicyclic) bond motifs is 3. The van der Waals surface area contributed by atoms with E-state index in [0.717, 1.165) is 54.1 Å². The topological polar surface area (TPSA) is 55.6 Å². The summed E-state index contributed by atoms with van der Waals surface area (Å²) in [5.74, 6) is 0.196. The lowest BCUT2D eigenvalue weighted by atomic mass is 9.91. The fourth-order valence-electron chi connectivity index (χ4n) is 4.65. The van der Waals surface area contributed by atoms with Gasteiger partial charge in [-0.2, -0.15) is 0 Å². The second-order valence-electron chi connectivity index (χ2n) is 8.56. The predicted octanol–water partition coefficient (Wildman–Crippen LogP) is 4.19. The van der Waals surface area contributed by atoms with E-state index >= 15 is 0 Å². The normalized spacial score (nSPS) is 18.3. The molecule has 3 aromatic rings. The Morgan fingerprint density at radius 1 is 1.26 bits per heavy atom. The molecule has 0 radical (unpaired) electrons. The van der Waals surface area contributed by atoms with Crippen molar-refractivity contribution in [2.75, 3.05) is 7.11 Å². The molecule has 2 aromatic carbocycles. The zero-order chi connectivity index (χ0) is 21.4. The Balaban J connectivity index is 1.54. The van der Waals surface area contributed by atoms with Crippen LogP contribution in [-0.2, 0) is 29.0 Å². The summed E-state index contributed by atoms with van der Waals surface area (Å²) in [5.41, 5.74) is 5.57. The average molecular weight is 420 g/mol. The maximum Gasteiger partial charge on any atom is 0.223 e. The number of carbonyl (C=O) groups excluding carboxylic acids is 1. The zero-order valence-corrected chi connectivity index (χ0v) is 17.6. The number of hydrogen-bond donors (Lipinski definition) is 1. The Bertz CT molecular complexity index is 1160. The highest BCUT2D eigenvalue weighted by atomic mass is 19.1. The molecule has 1 saturated carbocycles. The fraction of sp³-hybridized carbons (Fsp3) is 0.360. The Hall–Kier alpha value is -3.15. The number of hydrogen-bond acceptors (Lipinski definition) is 3. The van der Waals surface area contributed by atoms with E-state index < -0.39 is 0 Å². The molecule has 1 heterocycles. The molecule has 2 aliphatic carbocycles. The van der Waals surface area contributed by atoms with E-state index in [1.165, 1.54) is 24.4 Å². The lowest BCUT2D eigenvalue weighted by molar-refractivity contribution is -0.123. The van der Waals surface area contributed by atoms with Crippen LogP contribution in [0.3, 0.4) is 0 Å². The predicted molar refractivity (Wildman–Crippen MR) is 119 cm³/mol. The van der Waals surface area contributed by atoms with Gasteiger partial charge in [0, 0.05) is 35.1 Å². The summed E-state index contributed by atoms with van der Waals surface area (Å²) in [5, 5.41) is 8.32.